The number of nitrogens with zero attached hydrogens (tertiary/aromatic N) is 5. The summed E-state index contributed by atoms with van der Waals surface area (Å²) < 4.78 is 49.5. The predicted octanol–water partition coefficient (Wildman–Crippen LogP) is 5.96. The number of carbonyl (C=O) groups excluding carboxylic acids is 1. The van der Waals surface area contributed by atoms with E-state index in [0.29, 0.717) is 16.2 Å². The van der Waals surface area contributed by atoms with Gasteiger partial charge in [-0.15, -0.1) is 10.1 Å². The van der Waals surface area contributed by atoms with Gasteiger partial charge in [-0.1, -0.05) is 16.7 Å². The molecule has 2 aliphatic rings. The van der Waals surface area contributed by atoms with E-state index in [9.17, 15) is 22.8 Å². The number of ether oxygens (including phenoxy) is 1. The van der Waals surface area contributed by atoms with E-state index in [0.717, 1.165) is 17.8 Å². The maximum absolute atomic E-state index is 14.2. The molecule has 13 heteroatoms. The minimum Gasteiger partial charge on any atom is -0.444 e. The fourth-order valence-electron chi connectivity index (χ4n) is 5.68. The Bertz CT molecular complexity index is 1520. The van der Waals surface area contributed by atoms with Crippen molar-refractivity contribution in [3.05, 3.63) is 58.3 Å². The van der Waals surface area contributed by atoms with Crippen molar-refractivity contribution >= 4 is 43.6 Å². The van der Waals surface area contributed by atoms with Crippen LogP contribution in [0.25, 0.3) is 10.9 Å². The largest absolute Gasteiger partial charge is 0.444 e. The molecule has 2 aromatic heterocycles. The first-order valence-electron chi connectivity index (χ1n) is 13.4. The van der Waals surface area contributed by atoms with Crippen molar-refractivity contribution in [2.75, 3.05) is 23.7 Å². The SMILES string of the molecule is C[C@@H]1CN(c2nc(=O)n3c4c(cc(C(F)(F)F)cc24)[SH](Cl)C[C@@H](c2ccccn2)C3)C[C@H](C)N1C(=O)OC(C)(C)C. The Labute approximate surface area is 243 Å². The fourth-order valence-corrected chi connectivity index (χ4v) is 8.21. The van der Waals surface area contributed by atoms with Gasteiger partial charge in [0.1, 0.15) is 11.4 Å². The quantitative estimate of drug-likeness (QED) is 0.361. The summed E-state index contributed by atoms with van der Waals surface area (Å²) in [6, 6.07) is 6.87. The number of rotatable bonds is 2. The van der Waals surface area contributed by atoms with Crippen LogP contribution >= 0.6 is 20.8 Å². The Morgan fingerprint density at radius 1 is 1.10 bits per heavy atom. The Morgan fingerprint density at radius 2 is 1.78 bits per heavy atom. The summed E-state index contributed by atoms with van der Waals surface area (Å²) in [5, 5.41) is 0.217. The number of aromatic nitrogens is 3. The highest BCUT2D eigenvalue weighted by Gasteiger charge is 2.39. The van der Waals surface area contributed by atoms with Gasteiger partial charge in [-0.25, -0.2) is 9.59 Å². The Morgan fingerprint density at radius 3 is 2.37 bits per heavy atom. The molecule has 8 nitrogen and oxygen atoms in total. The van der Waals surface area contributed by atoms with E-state index in [1.807, 2.05) is 26.0 Å². The molecule has 2 aliphatic heterocycles. The Balaban J connectivity index is 1.63. The van der Waals surface area contributed by atoms with Crippen molar-refractivity contribution in [2.45, 2.75) is 75.8 Å². The summed E-state index contributed by atoms with van der Waals surface area (Å²) in [6.07, 6.45) is -3.45. The molecule has 5 rings (SSSR count). The second-order valence-corrected chi connectivity index (χ2v) is 14.5. The van der Waals surface area contributed by atoms with Gasteiger partial charge in [0, 0.05) is 53.5 Å². The van der Waals surface area contributed by atoms with Gasteiger partial charge in [-0.05, 0) is 58.9 Å². The summed E-state index contributed by atoms with van der Waals surface area (Å²) in [4.78, 5) is 39.0. The summed E-state index contributed by atoms with van der Waals surface area (Å²) in [5.41, 5.74) is -0.992. The smallest absolute Gasteiger partial charge is 0.416 e. The molecule has 0 bridgehead atoms. The maximum atomic E-state index is 14.2. The lowest BCUT2D eigenvalue weighted by atomic mass is 10.0. The molecule has 1 aromatic carbocycles. The third kappa shape index (κ3) is 5.86. The van der Waals surface area contributed by atoms with Crippen LogP contribution in [0.1, 0.15) is 51.8 Å². The van der Waals surface area contributed by atoms with E-state index in [-0.39, 0.29) is 48.8 Å². The minimum absolute atomic E-state index is 0.160. The van der Waals surface area contributed by atoms with Crippen LogP contribution < -0.4 is 10.6 Å². The highest BCUT2D eigenvalue weighted by atomic mass is 35.7. The molecule has 4 heterocycles. The monoisotopic (exact) mass is 611 g/mol. The van der Waals surface area contributed by atoms with Crippen LogP contribution in [-0.4, -0.2) is 62.1 Å². The third-order valence-corrected chi connectivity index (χ3v) is 9.92. The highest BCUT2D eigenvalue weighted by molar-refractivity contribution is 8.36. The van der Waals surface area contributed by atoms with Crippen molar-refractivity contribution in [3.63, 3.8) is 0 Å². The lowest BCUT2D eigenvalue weighted by Crippen LogP contribution is -2.59. The number of piperazine rings is 1. The zero-order valence-corrected chi connectivity index (χ0v) is 25.1. The predicted molar refractivity (Wildman–Crippen MR) is 155 cm³/mol. The van der Waals surface area contributed by atoms with E-state index in [1.54, 1.807) is 42.8 Å². The molecule has 3 aromatic rings. The average Bonchev–Trinajstić information content (AvgIpc) is 3.02. The van der Waals surface area contributed by atoms with E-state index < -0.39 is 39.2 Å². The normalized spacial score (nSPS) is 24.3. The van der Waals surface area contributed by atoms with Gasteiger partial charge in [0.15, 0.2) is 0 Å². The number of pyridine rings is 1. The molecule has 0 radical (unpaired) electrons. The number of amides is 1. The van der Waals surface area contributed by atoms with Gasteiger partial charge in [0.25, 0.3) is 0 Å². The Hall–Kier alpha value is -2.99. The zero-order chi connectivity index (χ0) is 29.9. The van der Waals surface area contributed by atoms with Crippen LogP contribution in [-0.2, 0) is 17.5 Å². The van der Waals surface area contributed by atoms with Crippen LogP contribution in [0.15, 0.2) is 46.2 Å². The molecule has 1 fully saturated rings. The first-order chi connectivity index (χ1) is 19.1. The van der Waals surface area contributed by atoms with Gasteiger partial charge in [0.05, 0.1) is 23.2 Å². The van der Waals surface area contributed by atoms with Crippen LogP contribution in [0.5, 0.6) is 0 Å². The molecule has 41 heavy (non-hydrogen) atoms. The zero-order valence-electron chi connectivity index (χ0n) is 23.4. The van der Waals surface area contributed by atoms with Crippen LogP contribution in [0.4, 0.5) is 23.8 Å². The fraction of sp³-hybridized carbons (Fsp3) is 0.500. The molecule has 1 unspecified atom stereocenters. The van der Waals surface area contributed by atoms with Crippen molar-refractivity contribution < 1.29 is 22.7 Å². The summed E-state index contributed by atoms with van der Waals surface area (Å²) >= 11 is 0. The molecule has 222 valence electrons. The van der Waals surface area contributed by atoms with Gasteiger partial charge in [0.2, 0.25) is 0 Å². The highest BCUT2D eigenvalue weighted by Crippen LogP contribution is 2.52. The number of anilines is 1. The number of alkyl halides is 3. The van der Waals surface area contributed by atoms with E-state index >= 15 is 0 Å². The average molecular weight is 612 g/mol. The second kappa shape index (κ2) is 10.7. The van der Waals surface area contributed by atoms with Gasteiger partial charge in [-0.2, -0.15) is 18.2 Å². The molecule has 0 spiro atoms. The number of benzene rings is 1. The van der Waals surface area contributed by atoms with Gasteiger partial charge >= 0.3 is 18.0 Å². The molecule has 4 atom stereocenters. The van der Waals surface area contributed by atoms with Gasteiger partial charge < -0.3 is 9.64 Å². The van der Waals surface area contributed by atoms with Crippen LogP contribution in [0.3, 0.4) is 0 Å². The van der Waals surface area contributed by atoms with Gasteiger partial charge in [-0.3, -0.25) is 14.5 Å². The maximum Gasteiger partial charge on any atom is 0.416 e. The lowest BCUT2D eigenvalue weighted by Gasteiger charge is -2.45. The number of thiol groups is 1. The molecule has 1 saturated heterocycles. The third-order valence-electron chi connectivity index (χ3n) is 7.33. The first kappa shape index (κ1) is 29.5. The van der Waals surface area contributed by atoms with Crippen LogP contribution in [0.2, 0.25) is 0 Å². The summed E-state index contributed by atoms with van der Waals surface area (Å²) in [7, 11) is 5.31. The molecule has 0 aliphatic carbocycles. The van der Waals surface area contributed by atoms with Crippen molar-refractivity contribution in [2.24, 2.45) is 0 Å². The molecular weight excluding hydrogens is 579 g/mol. The molecular formula is C28H33ClF3N5O3S. The molecule has 0 saturated carbocycles. The van der Waals surface area contributed by atoms with Crippen molar-refractivity contribution in [1.29, 1.82) is 0 Å². The number of carbonyl (C=O) groups is 1. The molecule has 0 N–H and O–H groups in total. The second-order valence-electron chi connectivity index (χ2n) is 11.7. The Kier molecular flexibility index (Phi) is 7.69. The van der Waals surface area contributed by atoms with E-state index in [1.165, 1.54) is 4.57 Å². The minimum atomic E-state index is -4.63. The summed E-state index contributed by atoms with van der Waals surface area (Å²) in [5.74, 6) is 0.253. The lowest BCUT2D eigenvalue weighted by molar-refractivity contribution is -0.137. The van der Waals surface area contributed by atoms with Crippen molar-refractivity contribution in [3.8, 4) is 0 Å². The topological polar surface area (TPSA) is 80.6 Å². The summed E-state index contributed by atoms with van der Waals surface area (Å²) in [6.45, 7) is 9.75. The number of halogens is 4. The van der Waals surface area contributed by atoms with E-state index in [4.69, 9.17) is 15.4 Å². The first-order valence-corrected chi connectivity index (χ1v) is 15.8. The molecule has 1 amide bonds. The standard InChI is InChI=1S/C28H33ClF3N5O3S/c1-16-12-35(13-17(2)37(16)26(39)40-27(3,4)5)24-20-10-19(28(30,31)32)11-22-23(20)36(25(38)34-24)14-18(15-41(22)29)21-8-6-7-9-33-21/h6-11,16-18,41H,12-15H2,1-5H3/t16-,17+,18-/m0/s1. The van der Waals surface area contributed by atoms with E-state index in [2.05, 4.69) is 9.97 Å². The van der Waals surface area contributed by atoms with Crippen molar-refractivity contribution in [1.82, 2.24) is 19.4 Å². The van der Waals surface area contributed by atoms with Crippen LogP contribution in [0, 0.1) is 0 Å². The number of hydrogen-bond acceptors (Lipinski definition) is 6. The number of hydrogen-bond donors (Lipinski definition) is 1.